The molecule has 1 rings (SSSR count). The maximum Gasteiger partial charge on any atom is 0.225 e. The summed E-state index contributed by atoms with van der Waals surface area (Å²) < 4.78 is 0. The van der Waals surface area contributed by atoms with Gasteiger partial charge in [0.15, 0.2) is 6.29 Å². The summed E-state index contributed by atoms with van der Waals surface area (Å²) in [6.07, 6.45) is 0.294. The summed E-state index contributed by atoms with van der Waals surface area (Å²) in [6.45, 7) is 1.78. The van der Waals surface area contributed by atoms with Crippen LogP contribution in [-0.2, 0) is 4.79 Å². The molecule has 0 amide bonds. The Balaban J connectivity index is 0.00000144. The van der Waals surface area contributed by atoms with Gasteiger partial charge in [-0.25, -0.2) is 0 Å². The summed E-state index contributed by atoms with van der Waals surface area (Å²) in [5.41, 5.74) is 1.18. The lowest BCUT2D eigenvalue weighted by atomic mass is 10.1. The van der Waals surface area contributed by atoms with E-state index in [2.05, 4.69) is 0 Å². The Hall–Kier alpha value is -1.19. The number of halogens is 1. The predicted octanol–water partition coefficient (Wildman–Crippen LogP) is 1.21. The molecule has 13 heavy (non-hydrogen) atoms. The molecule has 0 aromatic heterocycles. The Morgan fingerprint density at radius 3 is 2.54 bits per heavy atom. The van der Waals surface area contributed by atoms with E-state index in [0.717, 1.165) is 5.56 Å². The summed E-state index contributed by atoms with van der Waals surface area (Å²) in [5.74, 6) is -0.519. The Kier molecular flexibility index (Phi) is 4.31. The summed E-state index contributed by atoms with van der Waals surface area (Å²) >= 11 is 5.73. The second-order valence-electron chi connectivity index (χ2n) is 2.45. The minimum atomic E-state index is -0.519. The van der Waals surface area contributed by atoms with E-state index in [1.807, 2.05) is 0 Å². The molecule has 0 unspecified atom stereocenters. The zero-order valence-electron chi connectivity index (χ0n) is 7.00. The summed E-state index contributed by atoms with van der Waals surface area (Å²) in [4.78, 5) is 21.0. The summed E-state index contributed by atoms with van der Waals surface area (Å²) in [6, 6.07) is 4.73. The van der Waals surface area contributed by atoms with Crippen molar-refractivity contribution < 1.29 is 15.1 Å². The van der Waals surface area contributed by atoms with E-state index in [9.17, 15) is 9.59 Å². The molecule has 2 N–H and O–H groups in total. The van der Waals surface area contributed by atoms with Crippen LogP contribution in [0.1, 0.15) is 15.9 Å². The number of aldehydes is 1. The Bertz CT molecular complexity index is 334. The van der Waals surface area contributed by atoms with Gasteiger partial charge in [-0.3, -0.25) is 9.59 Å². The molecule has 3 nitrogen and oxygen atoms in total. The van der Waals surface area contributed by atoms with Crippen molar-refractivity contribution in [2.75, 3.05) is 0 Å². The highest BCUT2D eigenvalue weighted by Gasteiger charge is 2.04. The van der Waals surface area contributed by atoms with Crippen LogP contribution in [-0.4, -0.2) is 17.5 Å². The fourth-order valence-electron chi connectivity index (χ4n) is 0.866. The van der Waals surface area contributed by atoms with Crippen molar-refractivity contribution in [1.29, 1.82) is 0 Å². The number of carbonyl (C=O) groups excluding carboxylic acids is 2. The first-order valence-electron chi connectivity index (χ1n) is 3.41. The lowest BCUT2D eigenvalue weighted by Gasteiger charge is -1.98. The Labute approximate surface area is 80.6 Å². The molecule has 0 aliphatic rings. The molecular weight excluding hydrogens is 192 g/mol. The number of rotatable bonds is 2. The van der Waals surface area contributed by atoms with Crippen LogP contribution in [0, 0.1) is 6.92 Å². The highest BCUT2D eigenvalue weighted by Crippen LogP contribution is 2.15. The third-order valence-corrected chi connectivity index (χ3v) is 1.97. The Morgan fingerprint density at radius 1 is 1.46 bits per heavy atom. The molecule has 70 valence electrons. The van der Waals surface area contributed by atoms with Crippen LogP contribution in [0.15, 0.2) is 18.2 Å². The average Bonchev–Trinajstić information content (AvgIpc) is 2.08. The van der Waals surface area contributed by atoms with Crippen molar-refractivity contribution in [2.45, 2.75) is 6.92 Å². The van der Waals surface area contributed by atoms with Gasteiger partial charge in [0.1, 0.15) is 0 Å². The molecule has 0 heterocycles. The Morgan fingerprint density at radius 2 is 2.08 bits per heavy atom. The van der Waals surface area contributed by atoms with E-state index < -0.39 is 5.78 Å². The largest absolute Gasteiger partial charge is 0.412 e. The van der Waals surface area contributed by atoms with Crippen LogP contribution in [0.3, 0.4) is 0 Å². The number of carbonyl (C=O) groups is 2. The number of ketones is 1. The van der Waals surface area contributed by atoms with E-state index >= 15 is 0 Å². The highest BCUT2D eigenvalue weighted by molar-refractivity contribution is 6.34. The minimum absolute atomic E-state index is 0. The highest BCUT2D eigenvalue weighted by atomic mass is 35.5. The molecule has 1 aromatic carbocycles. The molecule has 0 fully saturated rings. The van der Waals surface area contributed by atoms with Gasteiger partial charge in [-0.05, 0) is 30.7 Å². The van der Waals surface area contributed by atoms with Crippen molar-refractivity contribution in [3.05, 3.63) is 34.3 Å². The van der Waals surface area contributed by atoms with E-state index in [1.165, 1.54) is 6.07 Å². The van der Waals surface area contributed by atoms with Gasteiger partial charge in [-0.15, -0.1) is 0 Å². The quantitative estimate of drug-likeness (QED) is 0.409. The molecule has 0 saturated carbocycles. The third kappa shape index (κ3) is 2.65. The first-order valence-corrected chi connectivity index (χ1v) is 3.78. The maximum atomic E-state index is 10.9. The maximum absolute atomic E-state index is 10.9. The molecular formula is C9H9ClO3. The van der Waals surface area contributed by atoms with Crippen LogP contribution in [0.25, 0.3) is 0 Å². The molecule has 0 aliphatic heterocycles. The molecule has 4 heteroatoms. The van der Waals surface area contributed by atoms with Gasteiger partial charge in [0.05, 0.1) is 0 Å². The van der Waals surface area contributed by atoms with Crippen molar-refractivity contribution >= 4 is 23.7 Å². The van der Waals surface area contributed by atoms with Crippen molar-refractivity contribution in [1.82, 2.24) is 0 Å². The van der Waals surface area contributed by atoms with Crippen LogP contribution in [0.2, 0.25) is 5.02 Å². The second-order valence-corrected chi connectivity index (χ2v) is 2.85. The number of hydrogen-bond acceptors (Lipinski definition) is 2. The van der Waals surface area contributed by atoms with Gasteiger partial charge in [0, 0.05) is 10.6 Å². The fourth-order valence-corrected chi connectivity index (χ4v) is 0.984. The van der Waals surface area contributed by atoms with Crippen LogP contribution >= 0.6 is 11.6 Å². The van der Waals surface area contributed by atoms with Gasteiger partial charge in [-0.2, -0.15) is 0 Å². The van der Waals surface area contributed by atoms with E-state index in [0.29, 0.717) is 16.9 Å². The molecule has 1 aromatic rings. The average molecular weight is 201 g/mol. The van der Waals surface area contributed by atoms with E-state index in [4.69, 9.17) is 11.6 Å². The van der Waals surface area contributed by atoms with Crippen molar-refractivity contribution in [3.63, 3.8) is 0 Å². The van der Waals surface area contributed by atoms with Gasteiger partial charge < -0.3 is 5.48 Å². The fraction of sp³-hybridized carbons (Fsp3) is 0.111. The van der Waals surface area contributed by atoms with Crippen LogP contribution < -0.4 is 0 Å². The van der Waals surface area contributed by atoms with Gasteiger partial charge in [0.2, 0.25) is 5.78 Å². The third-order valence-electron chi connectivity index (χ3n) is 1.55. The molecule has 0 bridgehead atoms. The summed E-state index contributed by atoms with van der Waals surface area (Å²) in [5, 5.41) is 0.595. The van der Waals surface area contributed by atoms with Gasteiger partial charge in [-0.1, -0.05) is 11.6 Å². The molecule has 0 spiro atoms. The van der Waals surface area contributed by atoms with Crippen LogP contribution in [0.5, 0.6) is 0 Å². The topological polar surface area (TPSA) is 65.6 Å². The zero-order valence-corrected chi connectivity index (χ0v) is 7.76. The summed E-state index contributed by atoms with van der Waals surface area (Å²) in [7, 11) is 0. The standard InChI is InChI=1S/C9H7ClO2.H2O/c1-6-4-7(9(12)5-11)2-3-8(6)10;/h2-5H,1H3;1H2. The zero-order chi connectivity index (χ0) is 9.14. The lowest BCUT2D eigenvalue weighted by molar-refractivity contribution is -0.104. The minimum Gasteiger partial charge on any atom is -0.412 e. The molecule has 0 saturated heterocycles. The second kappa shape index (κ2) is 4.74. The first-order chi connectivity index (χ1) is 5.65. The van der Waals surface area contributed by atoms with Crippen molar-refractivity contribution in [3.8, 4) is 0 Å². The first kappa shape index (κ1) is 11.8. The van der Waals surface area contributed by atoms with Crippen LogP contribution in [0.4, 0.5) is 0 Å². The van der Waals surface area contributed by atoms with Crippen molar-refractivity contribution in [2.24, 2.45) is 0 Å². The van der Waals surface area contributed by atoms with E-state index in [1.54, 1.807) is 19.1 Å². The molecule has 0 atom stereocenters. The number of Topliss-reactive ketones (excluding diaryl/α,β-unsaturated/α-hetero) is 1. The predicted molar refractivity (Wildman–Crippen MR) is 50.2 cm³/mol. The lowest BCUT2D eigenvalue weighted by Crippen LogP contribution is -1.99. The SMILES string of the molecule is Cc1cc(C(=O)C=O)ccc1Cl.O. The molecule has 0 radical (unpaired) electrons. The van der Waals surface area contributed by atoms with E-state index in [-0.39, 0.29) is 5.48 Å². The molecule has 0 aliphatic carbocycles. The normalized spacial score (nSPS) is 8.77. The van der Waals surface area contributed by atoms with Gasteiger partial charge in [0.25, 0.3) is 0 Å². The number of hydrogen-bond donors (Lipinski definition) is 0. The number of benzene rings is 1. The smallest absolute Gasteiger partial charge is 0.225 e. The number of aryl methyl sites for hydroxylation is 1. The monoisotopic (exact) mass is 200 g/mol. The van der Waals surface area contributed by atoms with Gasteiger partial charge >= 0.3 is 0 Å².